The fourth-order valence-electron chi connectivity index (χ4n) is 2.79. The lowest BCUT2D eigenvalue weighted by Crippen LogP contribution is -2.10. The maximum absolute atomic E-state index is 11.5. The molecule has 22 heavy (non-hydrogen) atoms. The highest BCUT2D eigenvalue weighted by molar-refractivity contribution is 5.89. The van der Waals surface area contributed by atoms with Crippen LogP contribution in [0.25, 0.3) is 0 Å². The highest BCUT2D eigenvalue weighted by Crippen LogP contribution is 2.33. The summed E-state index contributed by atoms with van der Waals surface area (Å²) in [5, 5.41) is 18.8. The van der Waals surface area contributed by atoms with Crippen molar-refractivity contribution in [1.82, 2.24) is 0 Å². The van der Waals surface area contributed by atoms with Crippen LogP contribution < -0.4 is 0 Å². The van der Waals surface area contributed by atoms with Crippen LogP contribution >= 0.6 is 0 Å². The summed E-state index contributed by atoms with van der Waals surface area (Å²) in [7, 11) is 0. The van der Waals surface area contributed by atoms with Gasteiger partial charge in [0, 0.05) is 5.92 Å². The van der Waals surface area contributed by atoms with Crippen molar-refractivity contribution in [3.05, 3.63) is 70.8 Å². The molecular weight excluding hydrogens is 274 g/mol. The number of unbranched alkanes of at least 4 members (excludes halogenated alkanes) is 1. The summed E-state index contributed by atoms with van der Waals surface area (Å²) in [5.74, 6) is -0.991. The van der Waals surface area contributed by atoms with E-state index in [9.17, 15) is 15.2 Å². The molecule has 2 aromatic carbocycles. The molecule has 2 rings (SSSR count). The third kappa shape index (κ3) is 3.35. The molecule has 0 bridgehead atoms. The second kappa shape index (κ2) is 7.42. The molecule has 0 aromatic heterocycles. The van der Waals surface area contributed by atoms with Gasteiger partial charge in [0.15, 0.2) is 0 Å². The van der Waals surface area contributed by atoms with Crippen LogP contribution in [-0.4, -0.2) is 11.1 Å². The number of hydrogen-bond acceptors (Lipinski definition) is 2. The fraction of sp³-hybridized carbons (Fsp3) is 0.263. The molecule has 0 saturated heterocycles. The summed E-state index contributed by atoms with van der Waals surface area (Å²) < 4.78 is 0. The normalized spacial score (nSPS) is 11.6. The molecule has 0 amide bonds. The molecular formula is C19H19NO2. The maximum Gasteiger partial charge on any atom is 0.335 e. The lowest BCUT2D eigenvalue weighted by molar-refractivity contribution is 0.0695. The third-order valence-electron chi connectivity index (χ3n) is 3.87. The standard InChI is InChI=1S/C19H19NO2/c1-2-3-9-16(15-10-5-4-8-14(15)13-20)17-11-6-7-12-18(17)19(21)22/h4-8,10-12,16H,2-3,9H2,1H3,(H,21,22). The molecule has 1 unspecified atom stereocenters. The van der Waals surface area contributed by atoms with E-state index < -0.39 is 5.97 Å². The molecule has 3 heteroatoms. The van der Waals surface area contributed by atoms with Gasteiger partial charge in [-0.2, -0.15) is 5.26 Å². The van der Waals surface area contributed by atoms with Gasteiger partial charge in [-0.25, -0.2) is 4.79 Å². The van der Waals surface area contributed by atoms with Crippen molar-refractivity contribution in [2.75, 3.05) is 0 Å². The highest BCUT2D eigenvalue weighted by Gasteiger charge is 2.22. The number of hydrogen-bond donors (Lipinski definition) is 1. The molecule has 0 aliphatic heterocycles. The average molecular weight is 293 g/mol. The van der Waals surface area contributed by atoms with Crippen molar-refractivity contribution < 1.29 is 9.90 Å². The summed E-state index contributed by atoms with van der Waals surface area (Å²) in [5.41, 5.74) is 2.62. The molecule has 0 saturated carbocycles. The van der Waals surface area contributed by atoms with E-state index in [1.807, 2.05) is 30.3 Å². The van der Waals surface area contributed by atoms with Crippen molar-refractivity contribution in [2.24, 2.45) is 0 Å². The van der Waals surface area contributed by atoms with E-state index in [0.29, 0.717) is 11.1 Å². The number of carboxylic acid groups (broad SMARTS) is 1. The summed E-state index contributed by atoms with van der Waals surface area (Å²) in [6, 6.07) is 16.8. The predicted molar refractivity (Wildman–Crippen MR) is 85.9 cm³/mol. The van der Waals surface area contributed by atoms with Gasteiger partial charge in [0.05, 0.1) is 17.2 Å². The number of carboxylic acids is 1. The largest absolute Gasteiger partial charge is 0.478 e. The van der Waals surface area contributed by atoms with Crippen molar-refractivity contribution in [1.29, 1.82) is 5.26 Å². The zero-order valence-corrected chi connectivity index (χ0v) is 12.6. The SMILES string of the molecule is CCCCC(c1ccccc1C#N)c1ccccc1C(=O)O. The Balaban J connectivity index is 2.57. The first-order valence-electron chi connectivity index (χ1n) is 7.50. The van der Waals surface area contributed by atoms with Crippen LogP contribution in [0.3, 0.4) is 0 Å². The third-order valence-corrected chi connectivity index (χ3v) is 3.87. The van der Waals surface area contributed by atoms with E-state index in [4.69, 9.17) is 0 Å². The quantitative estimate of drug-likeness (QED) is 0.848. The lowest BCUT2D eigenvalue weighted by Gasteiger charge is -2.20. The monoisotopic (exact) mass is 293 g/mol. The molecule has 112 valence electrons. The Morgan fingerprint density at radius 3 is 2.41 bits per heavy atom. The molecule has 0 fully saturated rings. The molecule has 0 aliphatic rings. The smallest absolute Gasteiger partial charge is 0.335 e. The topological polar surface area (TPSA) is 61.1 Å². The number of rotatable bonds is 6. The molecule has 2 aromatic rings. The number of carbonyl (C=O) groups is 1. The van der Waals surface area contributed by atoms with Gasteiger partial charge in [0.25, 0.3) is 0 Å². The zero-order valence-electron chi connectivity index (χ0n) is 12.6. The van der Waals surface area contributed by atoms with E-state index in [0.717, 1.165) is 30.4 Å². The molecule has 1 N–H and O–H groups in total. The summed E-state index contributed by atoms with van der Waals surface area (Å²) >= 11 is 0. The second-order valence-corrected chi connectivity index (χ2v) is 5.29. The van der Waals surface area contributed by atoms with E-state index in [1.54, 1.807) is 18.2 Å². The Bertz CT molecular complexity index is 701. The van der Waals surface area contributed by atoms with Crippen LogP contribution in [0.1, 0.15) is 59.2 Å². The van der Waals surface area contributed by atoms with Crippen molar-refractivity contribution in [2.45, 2.75) is 32.1 Å². The first kappa shape index (κ1) is 15.8. The van der Waals surface area contributed by atoms with Crippen LogP contribution in [0.15, 0.2) is 48.5 Å². The zero-order chi connectivity index (χ0) is 15.9. The van der Waals surface area contributed by atoms with E-state index in [-0.39, 0.29) is 5.92 Å². The fourth-order valence-corrected chi connectivity index (χ4v) is 2.79. The first-order valence-corrected chi connectivity index (χ1v) is 7.50. The van der Waals surface area contributed by atoms with Crippen LogP contribution in [0, 0.1) is 11.3 Å². The van der Waals surface area contributed by atoms with Crippen molar-refractivity contribution in [3.8, 4) is 6.07 Å². The summed E-state index contributed by atoms with van der Waals surface area (Å²) in [4.78, 5) is 11.5. The molecule has 0 radical (unpaired) electrons. The molecule has 3 nitrogen and oxygen atoms in total. The van der Waals surface area contributed by atoms with E-state index in [1.165, 1.54) is 0 Å². The Morgan fingerprint density at radius 2 is 1.77 bits per heavy atom. The van der Waals surface area contributed by atoms with E-state index >= 15 is 0 Å². The van der Waals surface area contributed by atoms with Crippen LogP contribution in [0.4, 0.5) is 0 Å². The predicted octanol–water partition coefficient (Wildman–Crippen LogP) is 4.58. The Kier molecular flexibility index (Phi) is 5.32. The maximum atomic E-state index is 11.5. The van der Waals surface area contributed by atoms with Crippen molar-refractivity contribution in [3.63, 3.8) is 0 Å². The first-order chi connectivity index (χ1) is 10.7. The van der Waals surface area contributed by atoms with Gasteiger partial charge in [-0.15, -0.1) is 0 Å². The molecule has 0 heterocycles. The number of nitriles is 1. The number of nitrogens with zero attached hydrogens (tertiary/aromatic N) is 1. The minimum absolute atomic E-state index is 0.0666. The Hall–Kier alpha value is -2.60. The van der Waals surface area contributed by atoms with Gasteiger partial charge < -0.3 is 5.11 Å². The molecule has 1 atom stereocenters. The van der Waals surface area contributed by atoms with Gasteiger partial charge in [0.2, 0.25) is 0 Å². The van der Waals surface area contributed by atoms with Gasteiger partial charge in [-0.3, -0.25) is 0 Å². The Labute approximate surface area is 130 Å². The summed E-state index contributed by atoms with van der Waals surface area (Å²) in [6.45, 7) is 2.11. The van der Waals surface area contributed by atoms with Gasteiger partial charge >= 0.3 is 5.97 Å². The number of aromatic carboxylic acids is 1. The Morgan fingerprint density at radius 1 is 1.14 bits per heavy atom. The van der Waals surface area contributed by atoms with Crippen LogP contribution in [0.2, 0.25) is 0 Å². The highest BCUT2D eigenvalue weighted by atomic mass is 16.4. The van der Waals surface area contributed by atoms with Crippen LogP contribution in [-0.2, 0) is 0 Å². The van der Waals surface area contributed by atoms with Gasteiger partial charge in [0.1, 0.15) is 0 Å². The molecule has 0 spiro atoms. The minimum atomic E-state index is -0.925. The van der Waals surface area contributed by atoms with Gasteiger partial charge in [-0.1, -0.05) is 56.2 Å². The minimum Gasteiger partial charge on any atom is -0.478 e. The van der Waals surface area contributed by atoms with Gasteiger partial charge in [-0.05, 0) is 29.7 Å². The van der Waals surface area contributed by atoms with Crippen molar-refractivity contribution >= 4 is 5.97 Å². The van der Waals surface area contributed by atoms with Crippen LogP contribution in [0.5, 0.6) is 0 Å². The molecule has 0 aliphatic carbocycles. The second-order valence-electron chi connectivity index (χ2n) is 5.29. The number of benzene rings is 2. The lowest BCUT2D eigenvalue weighted by atomic mass is 9.82. The average Bonchev–Trinajstić information content (AvgIpc) is 2.56. The van der Waals surface area contributed by atoms with E-state index in [2.05, 4.69) is 13.0 Å². The summed E-state index contributed by atoms with van der Waals surface area (Å²) in [6.07, 6.45) is 2.85.